The minimum Gasteiger partial charge on any atom is -0.487 e. The average molecular weight is 453 g/mol. The number of amidine groups is 1. The van der Waals surface area contributed by atoms with Crippen LogP contribution in [-0.4, -0.2) is 15.4 Å². The van der Waals surface area contributed by atoms with E-state index >= 15 is 0 Å². The number of aromatic nitrogens is 2. The first-order valence-corrected chi connectivity index (χ1v) is 11.0. The molecule has 0 saturated carbocycles. The number of allylic oxidation sites excluding steroid dienone is 2. The van der Waals surface area contributed by atoms with Crippen LogP contribution < -0.4 is 17.1 Å². The van der Waals surface area contributed by atoms with Gasteiger partial charge in [0.15, 0.2) is 5.84 Å². The maximum Gasteiger partial charge on any atom is 0.166 e. The zero-order valence-electron chi connectivity index (χ0n) is 19.1. The zero-order chi connectivity index (χ0) is 23.8. The Morgan fingerprint density at radius 1 is 1.12 bits per heavy atom. The maximum absolute atomic E-state index is 6.07. The number of hydrazine groups is 1. The number of nitrogens with two attached hydrogens (primary N) is 2. The first-order chi connectivity index (χ1) is 16.7. The van der Waals surface area contributed by atoms with Gasteiger partial charge >= 0.3 is 0 Å². The van der Waals surface area contributed by atoms with E-state index in [0.717, 1.165) is 39.0 Å². The van der Waals surface area contributed by atoms with Gasteiger partial charge in [-0.1, -0.05) is 48.5 Å². The van der Waals surface area contributed by atoms with Gasteiger partial charge in [-0.05, 0) is 54.5 Å². The van der Waals surface area contributed by atoms with Crippen LogP contribution >= 0.6 is 0 Å². The predicted molar refractivity (Wildman–Crippen MR) is 137 cm³/mol. The number of para-hydroxylation sites is 1. The quantitative estimate of drug-likeness (QED) is 0.0923. The Hall–Kier alpha value is -4.36. The Bertz CT molecular complexity index is 1350. The number of rotatable bonds is 8. The van der Waals surface area contributed by atoms with E-state index in [1.165, 1.54) is 0 Å². The molecule has 4 aromatic rings. The van der Waals surface area contributed by atoms with Crippen LogP contribution in [0.5, 0.6) is 0 Å². The molecule has 2 aromatic heterocycles. The fourth-order valence-electron chi connectivity index (χ4n) is 3.68. The van der Waals surface area contributed by atoms with Crippen molar-refractivity contribution in [1.82, 2.24) is 15.0 Å². The molecule has 0 amide bonds. The Balaban J connectivity index is 1.45. The highest BCUT2D eigenvalue weighted by Gasteiger charge is 2.05. The molecule has 172 valence electrons. The van der Waals surface area contributed by atoms with Gasteiger partial charge in [0.25, 0.3) is 0 Å². The zero-order valence-corrected chi connectivity index (χ0v) is 19.1. The lowest BCUT2D eigenvalue weighted by Crippen LogP contribution is -2.32. The van der Waals surface area contributed by atoms with E-state index in [2.05, 4.69) is 50.5 Å². The van der Waals surface area contributed by atoms with Crippen LogP contribution in [0.4, 0.5) is 0 Å². The maximum atomic E-state index is 6.07. The van der Waals surface area contributed by atoms with Crippen molar-refractivity contribution >= 4 is 22.8 Å². The van der Waals surface area contributed by atoms with Crippen LogP contribution in [0.2, 0.25) is 0 Å². The van der Waals surface area contributed by atoms with Crippen molar-refractivity contribution in [2.75, 3.05) is 0 Å². The van der Waals surface area contributed by atoms with Crippen molar-refractivity contribution in [2.24, 2.45) is 16.8 Å². The Morgan fingerprint density at radius 2 is 2.00 bits per heavy atom. The minimum atomic E-state index is 0.398. The molecule has 0 atom stereocenters. The Labute approximate surface area is 199 Å². The van der Waals surface area contributed by atoms with Crippen LogP contribution in [0.15, 0.2) is 102 Å². The third kappa shape index (κ3) is 5.70. The largest absolute Gasteiger partial charge is 0.487 e. The number of hydrogen-bond donors (Lipinski definition) is 3. The van der Waals surface area contributed by atoms with E-state index in [1.54, 1.807) is 0 Å². The first-order valence-electron chi connectivity index (χ1n) is 11.0. The molecule has 0 aliphatic rings. The first kappa shape index (κ1) is 22.8. The van der Waals surface area contributed by atoms with Crippen LogP contribution in [0.3, 0.4) is 0 Å². The predicted octanol–water partition coefficient (Wildman–Crippen LogP) is 4.30. The number of ether oxygens (including phenoxy) is 1. The summed E-state index contributed by atoms with van der Waals surface area (Å²) in [5, 5.41) is 4.79. The van der Waals surface area contributed by atoms with Crippen LogP contribution in [0, 0.1) is 0 Å². The molecular weight excluding hydrogens is 424 g/mol. The number of fused-ring (bicyclic) bond motifs is 1. The number of nitrogens with zero attached hydrogens (tertiary/aromatic N) is 3. The van der Waals surface area contributed by atoms with Crippen molar-refractivity contribution in [1.29, 1.82) is 0 Å². The normalized spacial score (nSPS) is 12.4. The van der Waals surface area contributed by atoms with E-state index in [-0.39, 0.29) is 0 Å². The van der Waals surface area contributed by atoms with Crippen molar-refractivity contribution in [3.63, 3.8) is 0 Å². The third-order valence-corrected chi connectivity index (χ3v) is 5.29. The minimum absolute atomic E-state index is 0.398. The van der Waals surface area contributed by atoms with Gasteiger partial charge in [-0.3, -0.25) is 0 Å². The molecule has 5 N–H and O–H groups in total. The van der Waals surface area contributed by atoms with Gasteiger partial charge in [0.05, 0.1) is 11.2 Å². The molecule has 0 saturated heterocycles. The number of hydrazone groups is 1. The summed E-state index contributed by atoms with van der Waals surface area (Å²) >= 11 is 0. The second kappa shape index (κ2) is 11.0. The molecule has 7 nitrogen and oxygen atoms in total. The topological polar surface area (TPSA) is 103 Å². The van der Waals surface area contributed by atoms with E-state index in [1.807, 2.05) is 73.8 Å². The second-order valence-electron chi connectivity index (χ2n) is 7.77. The van der Waals surface area contributed by atoms with Gasteiger partial charge < -0.3 is 20.6 Å². The lowest BCUT2D eigenvalue weighted by molar-refractivity contribution is 0.210. The second-order valence-corrected chi connectivity index (χ2v) is 7.77. The van der Waals surface area contributed by atoms with E-state index in [4.69, 9.17) is 16.4 Å². The van der Waals surface area contributed by atoms with Gasteiger partial charge in [0.1, 0.15) is 12.4 Å². The van der Waals surface area contributed by atoms with E-state index < -0.39 is 0 Å². The average Bonchev–Trinajstić information content (AvgIpc) is 3.30. The van der Waals surface area contributed by atoms with E-state index in [9.17, 15) is 0 Å². The molecule has 34 heavy (non-hydrogen) atoms. The Kier molecular flexibility index (Phi) is 7.37. The molecule has 0 aliphatic heterocycles. The van der Waals surface area contributed by atoms with Crippen molar-refractivity contribution < 1.29 is 4.74 Å². The number of benzene rings is 2. The van der Waals surface area contributed by atoms with Gasteiger partial charge in [0.2, 0.25) is 0 Å². The summed E-state index contributed by atoms with van der Waals surface area (Å²) in [5.41, 5.74) is 7.35. The monoisotopic (exact) mass is 452 g/mol. The molecule has 0 spiro atoms. The molecule has 2 heterocycles. The summed E-state index contributed by atoms with van der Waals surface area (Å²) in [4.78, 5) is 4.69. The lowest BCUT2D eigenvalue weighted by Gasteiger charge is -2.08. The van der Waals surface area contributed by atoms with Gasteiger partial charge in [-0.2, -0.15) is 5.10 Å². The summed E-state index contributed by atoms with van der Waals surface area (Å²) in [6.07, 6.45) is 10.0. The van der Waals surface area contributed by atoms with Crippen molar-refractivity contribution in [2.45, 2.75) is 20.1 Å². The summed E-state index contributed by atoms with van der Waals surface area (Å²) < 4.78 is 8.18. The molecule has 0 fully saturated rings. The highest BCUT2D eigenvalue weighted by Crippen LogP contribution is 2.16. The number of nitrogens with one attached hydrogen (secondary N) is 1. The molecule has 2 aromatic carbocycles. The Morgan fingerprint density at radius 3 is 2.82 bits per heavy atom. The standard InChI is InChI=1S/C27H28N6O/c1-2-6-25(34-19-24-12-11-22-8-3-4-10-26(22)30-24)16-21-13-14-33(18-21)17-20-7-5-9-23(15-20)27(31-28)32-29/h2-16,18H,17,19,28-29H2,1H3,(H,31,32)/b6-2-,25-16+. The van der Waals surface area contributed by atoms with Gasteiger partial charge in [0, 0.05) is 29.9 Å². The van der Waals surface area contributed by atoms with Crippen LogP contribution in [0.25, 0.3) is 17.0 Å². The molecule has 4 rings (SSSR count). The molecular formula is C27H28N6O. The number of pyridine rings is 1. The summed E-state index contributed by atoms with van der Waals surface area (Å²) in [6, 6.07) is 22.1. The van der Waals surface area contributed by atoms with Crippen molar-refractivity contribution in [3.05, 3.63) is 119 Å². The highest BCUT2D eigenvalue weighted by atomic mass is 16.5. The van der Waals surface area contributed by atoms with Crippen molar-refractivity contribution in [3.8, 4) is 0 Å². The van der Waals surface area contributed by atoms with Gasteiger partial charge in [-0.15, -0.1) is 0 Å². The number of hydrogen-bond acceptors (Lipinski definition) is 5. The SMILES string of the molecule is C/C=C\C(=C/c1ccn(Cc2cccc(/C(=N/N)NN)c2)c1)OCc1ccc2ccccc2n1. The molecule has 7 heteroatoms. The smallest absolute Gasteiger partial charge is 0.166 e. The summed E-state index contributed by atoms with van der Waals surface area (Å²) in [6.45, 7) is 3.07. The fourth-order valence-corrected chi connectivity index (χ4v) is 3.68. The van der Waals surface area contributed by atoms with Crippen LogP contribution in [0.1, 0.15) is 29.3 Å². The molecule has 0 aliphatic carbocycles. The summed E-state index contributed by atoms with van der Waals surface area (Å²) in [7, 11) is 0. The molecule has 0 radical (unpaired) electrons. The molecule has 0 unspecified atom stereocenters. The van der Waals surface area contributed by atoms with E-state index in [0.29, 0.717) is 19.0 Å². The molecule has 0 bridgehead atoms. The fraction of sp³-hybridized carbons (Fsp3) is 0.111. The van der Waals surface area contributed by atoms with Gasteiger partial charge in [-0.25, -0.2) is 10.8 Å². The third-order valence-electron chi connectivity index (χ3n) is 5.29. The summed E-state index contributed by atoms with van der Waals surface area (Å²) in [5.74, 6) is 12.1. The lowest BCUT2D eigenvalue weighted by atomic mass is 10.1. The highest BCUT2D eigenvalue weighted by molar-refractivity contribution is 5.98. The van der Waals surface area contributed by atoms with Crippen LogP contribution in [-0.2, 0) is 17.9 Å².